The molecule has 0 aliphatic heterocycles. The van der Waals surface area contributed by atoms with E-state index in [1.165, 1.54) is 19.3 Å². The van der Waals surface area contributed by atoms with Crippen LogP contribution < -0.4 is 0 Å². The maximum Gasteiger partial charge on any atom is 0.312 e. The Labute approximate surface area is 147 Å². The maximum atomic E-state index is 12.8. The van der Waals surface area contributed by atoms with Gasteiger partial charge < -0.3 is 14.7 Å². The third-order valence-corrected chi connectivity index (χ3v) is 6.25. The summed E-state index contributed by atoms with van der Waals surface area (Å²) in [7, 11) is 0. The second kappa shape index (κ2) is 9.19. The number of carbonyl (C=O) groups is 1. The predicted molar refractivity (Wildman–Crippen MR) is 96.8 cm³/mol. The van der Waals surface area contributed by atoms with Gasteiger partial charge in [-0.1, -0.05) is 46.0 Å². The molecule has 2 saturated carbocycles. The van der Waals surface area contributed by atoms with Gasteiger partial charge in [0.25, 0.3) is 0 Å². The Kier molecular flexibility index (Phi) is 7.55. The standard InChI is InChI=1S/C20H37NO3/c1-4-21(5-2)15-16(3)24-19(22)18-13-9-10-14-20(18,23)17-11-7-6-8-12-17/h16-18,23H,4-15H2,1-3H3/t16?,18-,20-/m1/s1. The van der Waals surface area contributed by atoms with Gasteiger partial charge in [-0.2, -0.15) is 0 Å². The van der Waals surface area contributed by atoms with Gasteiger partial charge in [-0.05, 0) is 51.6 Å². The molecule has 4 nitrogen and oxygen atoms in total. The Morgan fingerprint density at radius 2 is 1.75 bits per heavy atom. The quantitative estimate of drug-likeness (QED) is 0.718. The molecule has 1 unspecified atom stereocenters. The lowest BCUT2D eigenvalue weighted by Gasteiger charge is -2.45. The van der Waals surface area contributed by atoms with Crippen LogP contribution in [0.1, 0.15) is 78.6 Å². The van der Waals surface area contributed by atoms with Crippen LogP contribution in [0.25, 0.3) is 0 Å². The molecule has 140 valence electrons. The van der Waals surface area contributed by atoms with Crippen LogP contribution in [0.15, 0.2) is 0 Å². The van der Waals surface area contributed by atoms with E-state index in [-0.39, 0.29) is 23.9 Å². The number of carbonyl (C=O) groups excluding carboxylic acids is 1. The van der Waals surface area contributed by atoms with Crippen LogP contribution in [0.5, 0.6) is 0 Å². The highest BCUT2D eigenvalue weighted by Gasteiger charge is 2.49. The fourth-order valence-corrected chi connectivity index (χ4v) is 4.76. The van der Waals surface area contributed by atoms with Crippen molar-refractivity contribution in [2.75, 3.05) is 19.6 Å². The first kappa shape index (κ1) is 19.7. The Balaban J connectivity index is 1.99. The fourth-order valence-electron chi connectivity index (χ4n) is 4.76. The first-order valence-electron chi connectivity index (χ1n) is 10.2. The average Bonchev–Trinajstić information content (AvgIpc) is 2.60. The van der Waals surface area contributed by atoms with Crippen molar-refractivity contribution in [3.8, 4) is 0 Å². The normalized spacial score (nSPS) is 30.3. The zero-order chi connectivity index (χ0) is 17.6. The molecule has 0 saturated heterocycles. The van der Waals surface area contributed by atoms with Gasteiger partial charge in [0.2, 0.25) is 0 Å². The molecule has 0 amide bonds. The van der Waals surface area contributed by atoms with E-state index < -0.39 is 5.60 Å². The molecule has 2 aliphatic carbocycles. The number of ether oxygens (including phenoxy) is 1. The molecule has 24 heavy (non-hydrogen) atoms. The summed E-state index contributed by atoms with van der Waals surface area (Å²) in [5.41, 5.74) is -0.829. The second-order valence-corrected chi connectivity index (χ2v) is 7.86. The summed E-state index contributed by atoms with van der Waals surface area (Å²) < 4.78 is 5.77. The van der Waals surface area contributed by atoms with E-state index in [0.29, 0.717) is 0 Å². The van der Waals surface area contributed by atoms with Crippen molar-refractivity contribution in [1.82, 2.24) is 4.90 Å². The van der Waals surface area contributed by atoms with E-state index in [1.54, 1.807) is 0 Å². The molecule has 1 N–H and O–H groups in total. The molecule has 2 rings (SSSR count). The largest absolute Gasteiger partial charge is 0.461 e. The minimum Gasteiger partial charge on any atom is -0.461 e. The minimum atomic E-state index is -0.829. The Morgan fingerprint density at radius 3 is 2.38 bits per heavy atom. The second-order valence-electron chi connectivity index (χ2n) is 7.86. The zero-order valence-electron chi connectivity index (χ0n) is 15.9. The van der Waals surface area contributed by atoms with E-state index in [2.05, 4.69) is 18.7 Å². The van der Waals surface area contributed by atoms with Gasteiger partial charge in [0.1, 0.15) is 6.10 Å². The van der Waals surface area contributed by atoms with Crippen LogP contribution in [0, 0.1) is 11.8 Å². The van der Waals surface area contributed by atoms with E-state index in [1.807, 2.05) is 6.92 Å². The molecule has 2 aliphatic rings. The number of nitrogens with zero attached hydrogens (tertiary/aromatic N) is 1. The van der Waals surface area contributed by atoms with Crippen molar-refractivity contribution in [1.29, 1.82) is 0 Å². The van der Waals surface area contributed by atoms with E-state index in [4.69, 9.17) is 4.74 Å². The van der Waals surface area contributed by atoms with Gasteiger partial charge in [-0.15, -0.1) is 0 Å². The molecule has 0 aromatic rings. The van der Waals surface area contributed by atoms with Crippen LogP contribution in [0.4, 0.5) is 0 Å². The van der Waals surface area contributed by atoms with Crippen LogP contribution in [-0.2, 0) is 9.53 Å². The number of hydrogen-bond donors (Lipinski definition) is 1. The zero-order valence-corrected chi connectivity index (χ0v) is 15.9. The Morgan fingerprint density at radius 1 is 1.12 bits per heavy atom. The average molecular weight is 340 g/mol. The van der Waals surface area contributed by atoms with Crippen molar-refractivity contribution in [3.63, 3.8) is 0 Å². The van der Waals surface area contributed by atoms with Crippen molar-refractivity contribution in [3.05, 3.63) is 0 Å². The maximum absolute atomic E-state index is 12.8. The molecule has 3 atom stereocenters. The van der Waals surface area contributed by atoms with Crippen molar-refractivity contribution in [2.24, 2.45) is 11.8 Å². The smallest absolute Gasteiger partial charge is 0.312 e. The van der Waals surface area contributed by atoms with E-state index in [9.17, 15) is 9.90 Å². The minimum absolute atomic E-state index is 0.116. The molecule has 0 radical (unpaired) electrons. The molecular weight excluding hydrogens is 302 g/mol. The van der Waals surface area contributed by atoms with Crippen molar-refractivity contribution < 1.29 is 14.6 Å². The molecular formula is C20H37NO3. The number of rotatable bonds is 7. The van der Waals surface area contributed by atoms with Crippen LogP contribution in [-0.4, -0.2) is 47.3 Å². The van der Waals surface area contributed by atoms with Gasteiger partial charge in [0.05, 0.1) is 11.5 Å². The topological polar surface area (TPSA) is 49.8 Å². The molecule has 0 aromatic carbocycles. The molecule has 2 fully saturated rings. The van der Waals surface area contributed by atoms with Gasteiger partial charge in [-0.25, -0.2) is 0 Å². The summed E-state index contributed by atoms with van der Waals surface area (Å²) in [6.07, 6.45) is 9.26. The third-order valence-electron chi connectivity index (χ3n) is 6.25. The molecule has 0 aromatic heterocycles. The monoisotopic (exact) mass is 339 g/mol. The number of aliphatic hydroxyl groups is 1. The first-order valence-corrected chi connectivity index (χ1v) is 10.2. The number of esters is 1. The molecule has 4 heteroatoms. The number of likely N-dealkylation sites (N-methyl/N-ethyl adjacent to an activating group) is 1. The van der Waals surface area contributed by atoms with Gasteiger partial charge in [0, 0.05) is 6.54 Å². The fraction of sp³-hybridized carbons (Fsp3) is 0.950. The van der Waals surface area contributed by atoms with Crippen molar-refractivity contribution >= 4 is 5.97 Å². The van der Waals surface area contributed by atoms with Crippen LogP contribution in [0.2, 0.25) is 0 Å². The van der Waals surface area contributed by atoms with E-state index >= 15 is 0 Å². The summed E-state index contributed by atoms with van der Waals surface area (Å²) in [5, 5.41) is 11.4. The predicted octanol–water partition coefficient (Wildman–Crippen LogP) is 3.76. The highest BCUT2D eigenvalue weighted by atomic mass is 16.5. The highest BCUT2D eigenvalue weighted by molar-refractivity contribution is 5.74. The molecule has 0 bridgehead atoms. The summed E-state index contributed by atoms with van der Waals surface area (Å²) in [6.45, 7) is 8.93. The number of hydrogen-bond acceptors (Lipinski definition) is 4. The third kappa shape index (κ3) is 4.72. The SMILES string of the molecule is CCN(CC)CC(C)OC(=O)[C@H]1CCCC[C@@]1(O)C1CCCCC1. The molecule has 0 spiro atoms. The first-order chi connectivity index (χ1) is 11.5. The summed E-state index contributed by atoms with van der Waals surface area (Å²) >= 11 is 0. The van der Waals surface area contributed by atoms with E-state index in [0.717, 1.165) is 58.2 Å². The van der Waals surface area contributed by atoms with Gasteiger partial charge in [-0.3, -0.25) is 4.79 Å². The van der Waals surface area contributed by atoms with Gasteiger partial charge >= 0.3 is 5.97 Å². The lowest BCUT2D eigenvalue weighted by atomic mass is 9.64. The summed E-state index contributed by atoms with van der Waals surface area (Å²) in [5.74, 6) is -0.210. The van der Waals surface area contributed by atoms with Crippen LogP contribution >= 0.6 is 0 Å². The Hall–Kier alpha value is -0.610. The van der Waals surface area contributed by atoms with Crippen LogP contribution in [0.3, 0.4) is 0 Å². The summed E-state index contributed by atoms with van der Waals surface area (Å²) in [6, 6.07) is 0. The highest BCUT2D eigenvalue weighted by Crippen LogP contribution is 2.45. The lowest BCUT2D eigenvalue weighted by molar-refractivity contribution is -0.176. The molecule has 0 heterocycles. The lowest BCUT2D eigenvalue weighted by Crippen LogP contribution is -2.52. The Bertz CT molecular complexity index is 390. The summed E-state index contributed by atoms with van der Waals surface area (Å²) in [4.78, 5) is 15.1. The van der Waals surface area contributed by atoms with Crippen molar-refractivity contribution in [2.45, 2.75) is 90.3 Å². The van der Waals surface area contributed by atoms with Gasteiger partial charge in [0.15, 0.2) is 0 Å².